The summed E-state index contributed by atoms with van der Waals surface area (Å²) in [6.07, 6.45) is 8.69. The Morgan fingerprint density at radius 1 is 1.10 bits per heavy atom. The highest BCUT2D eigenvalue weighted by molar-refractivity contribution is 9.10. The van der Waals surface area contributed by atoms with Gasteiger partial charge in [-0.3, -0.25) is 0 Å². The smallest absolute Gasteiger partial charge is 0.0320 e. The number of fused-ring (bicyclic) bond motifs is 5. The zero-order valence-corrected chi connectivity index (χ0v) is 14.5. The minimum atomic E-state index is 0.530. The maximum absolute atomic E-state index is 4.03. The van der Waals surface area contributed by atoms with Crippen molar-refractivity contribution in [2.45, 2.75) is 57.5 Å². The molecular weight excluding hydrogens is 322 g/mol. The predicted molar refractivity (Wildman–Crippen MR) is 91.1 cm³/mol. The molecule has 0 radical (unpaired) electrons. The molecule has 1 aromatic carbocycles. The van der Waals surface area contributed by atoms with Crippen LogP contribution in [0.25, 0.3) is 0 Å². The maximum atomic E-state index is 4.03. The van der Waals surface area contributed by atoms with E-state index in [4.69, 9.17) is 0 Å². The fourth-order valence-corrected chi connectivity index (χ4v) is 5.93. The SMILES string of the molecule is CCC(NC1CC2CC1C1CCCC21)c1ccc(Br)cc1. The third kappa shape index (κ3) is 2.49. The largest absolute Gasteiger partial charge is 0.307 e. The van der Waals surface area contributed by atoms with E-state index < -0.39 is 0 Å². The summed E-state index contributed by atoms with van der Waals surface area (Å²) in [5.41, 5.74) is 1.45. The molecule has 3 aliphatic rings. The van der Waals surface area contributed by atoms with Gasteiger partial charge in [0.2, 0.25) is 0 Å². The van der Waals surface area contributed by atoms with Crippen molar-refractivity contribution in [2.24, 2.45) is 23.7 Å². The number of halogens is 1. The molecular formula is C19H26BrN. The summed E-state index contributed by atoms with van der Waals surface area (Å²) in [6.45, 7) is 2.31. The standard InChI is InChI=1S/C19H26BrN/c1-2-18(12-6-8-14(20)9-7-12)21-19-11-13-10-17(19)16-5-3-4-15(13)16/h6-9,13,15-19,21H,2-5,10-11H2,1H3. The van der Waals surface area contributed by atoms with Gasteiger partial charge in [0.15, 0.2) is 0 Å². The highest BCUT2D eigenvalue weighted by Gasteiger charge is 2.53. The molecule has 1 N–H and O–H groups in total. The molecule has 0 heterocycles. The number of benzene rings is 1. The van der Waals surface area contributed by atoms with E-state index >= 15 is 0 Å². The molecule has 2 bridgehead atoms. The molecule has 114 valence electrons. The van der Waals surface area contributed by atoms with E-state index in [0.717, 1.165) is 29.7 Å². The molecule has 2 heteroatoms. The lowest BCUT2D eigenvalue weighted by atomic mass is 9.78. The second-order valence-electron chi connectivity index (χ2n) is 7.44. The Bertz CT molecular complexity index is 497. The van der Waals surface area contributed by atoms with Gasteiger partial charge in [0, 0.05) is 16.6 Å². The molecule has 1 aromatic rings. The average molecular weight is 348 g/mol. The van der Waals surface area contributed by atoms with Crippen LogP contribution in [0, 0.1) is 23.7 Å². The maximum Gasteiger partial charge on any atom is 0.0320 e. The van der Waals surface area contributed by atoms with Crippen LogP contribution in [0.4, 0.5) is 0 Å². The minimum absolute atomic E-state index is 0.530. The molecule has 0 aromatic heterocycles. The summed E-state index contributed by atoms with van der Waals surface area (Å²) >= 11 is 3.54. The summed E-state index contributed by atoms with van der Waals surface area (Å²) in [7, 11) is 0. The van der Waals surface area contributed by atoms with Gasteiger partial charge in [0.1, 0.15) is 0 Å². The van der Waals surface area contributed by atoms with E-state index in [0.29, 0.717) is 6.04 Å². The minimum Gasteiger partial charge on any atom is -0.307 e. The van der Waals surface area contributed by atoms with Gasteiger partial charge in [-0.2, -0.15) is 0 Å². The van der Waals surface area contributed by atoms with E-state index in [1.54, 1.807) is 0 Å². The highest BCUT2D eigenvalue weighted by atomic mass is 79.9. The lowest BCUT2D eigenvalue weighted by Crippen LogP contribution is -2.41. The lowest BCUT2D eigenvalue weighted by molar-refractivity contribution is 0.197. The Kier molecular flexibility index (Phi) is 3.87. The van der Waals surface area contributed by atoms with Crippen LogP contribution in [-0.4, -0.2) is 6.04 Å². The third-order valence-corrected chi connectivity index (χ3v) is 7.05. The first-order valence-corrected chi connectivity index (χ1v) is 9.57. The van der Waals surface area contributed by atoms with Crippen molar-refractivity contribution < 1.29 is 0 Å². The zero-order chi connectivity index (χ0) is 14.4. The van der Waals surface area contributed by atoms with Crippen molar-refractivity contribution in [3.63, 3.8) is 0 Å². The Balaban J connectivity index is 1.46. The van der Waals surface area contributed by atoms with Crippen LogP contribution in [0.1, 0.15) is 57.1 Å². The third-order valence-electron chi connectivity index (χ3n) is 6.52. The summed E-state index contributed by atoms with van der Waals surface area (Å²) < 4.78 is 1.18. The second-order valence-corrected chi connectivity index (χ2v) is 8.36. The van der Waals surface area contributed by atoms with E-state index in [-0.39, 0.29) is 0 Å². The molecule has 3 saturated carbocycles. The molecule has 3 aliphatic carbocycles. The van der Waals surface area contributed by atoms with Crippen LogP contribution in [0.3, 0.4) is 0 Å². The second kappa shape index (κ2) is 5.70. The summed E-state index contributed by atoms with van der Waals surface area (Å²) in [6, 6.07) is 10.2. The van der Waals surface area contributed by atoms with Gasteiger partial charge in [-0.05, 0) is 73.5 Å². The van der Waals surface area contributed by atoms with Crippen LogP contribution < -0.4 is 5.32 Å². The van der Waals surface area contributed by atoms with Crippen molar-refractivity contribution in [3.8, 4) is 0 Å². The van der Waals surface area contributed by atoms with Crippen LogP contribution in [-0.2, 0) is 0 Å². The predicted octanol–water partition coefficient (Wildman–Crippen LogP) is 5.31. The van der Waals surface area contributed by atoms with Crippen molar-refractivity contribution in [1.29, 1.82) is 0 Å². The van der Waals surface area contributed by atoms with Crippen molar-refractivity contribution >= 4 is 15.9 Å². The quantitative estimate of drug-likeness (QED) is 0.777. The van der Waals surface area contributed by atoms with E-state index in [2.05, 4.69) is 52.4 Å². The molecule has 0 amide bonds. The van der Waals surface area contributed by atoms with Gasteiger partial charge >= 0.3 is 0 Å². The van der Waals surface area contributed by atoms with Crippen LogP contribution in [0.5, 0.6) is 0 Å². The Hall–Kier alpha value is -0.340. The Morgan fingerprint density at radius 2 is 1.86 bits per heavy atom. The molecule has 6 unspecified atom stereocenters. The molecule has 4 rings (SSSR count). The van der Waals surface area contributed by atoms with E-state index in [1.807, 2.05) is 0 Å². The van der Waals surface area contributed by atoms with Gasteiger partial charge in [0.05, 0.1) is 0 Å². The first kappa shape index (κ1) is 14.3. The molecule has 0 spiro atoms. The van der Waals surface area contributed by atoms with E-state index in [9.17, 15) is 0 Å². The number of nitrogens with one attached hydrogen (secondary N) is 1. The highest BCUT2D eigenvalue weighted by Crippen LogP contribution is 2.58. The normalized spacial score (nSPS) is 38.7. The Labute approximate surface area is 137 Å². The van der Waals surface area contributed by atoms with Crippen molar-refractivity contribution in [1.82, 2.24) is 5.32 Å². The Morgan fingerprint density at radius 3 is 2.62 bits per heavy atom. The molecule has 0 saturated heterocycles. The molecule has 0 aliphatic heterocycles. The van der Waals surface area contributed by atoms with Gasteiger partial charge < -0.3 is 5.32 Å². The van der Waals surface area contributed by atoms with Crippen molar-refractivity contribution in [2.75, 3.05) is 0 Å². The van der Waals surface area contributed by atoms with Gasteiger partial charge in [-0.25, -0.2) is 0 Å². The topological polar surface area (TPSA) is 12.0 Å². The average Bonchev–Trinajstić information content (AvgIpc) is 3.18. The number of rotatable bonds is 4. The van der Waals surface area contributed by atoms with Crippen molar-refractivity contribution in [3.05, 3.63) is 34.3 Å². The first-order chi connectivity index (χ1) is 10.3. The monoisotopic (exact) mass is 347 g/mol. The fourth-order valence-electron chi connectivity index (χ4n) is 5.66. The first-order valence-electron chi connectivity index (χ1n) is 8.77. The summed E-state index contributed by atoms with van der Waals surface area (Å²) in [5.74, 6) is 4.18. The van der Waals surface area contributed by atoms with Crippen LogP contribution in [0.15, 0.2) is 28.7 Å². The summed E-state index contributed by atoms with van der Waals surface area (Å²) in [5, 5.41) is 4.03. The molecule has 21 heavy (non-hydrogen) atoms. The lowest BCUT2D eigenvalue weighted by Gasteiger charge is -2.34. The molecule has 1 nitrogen and oxygen atoms in total. The van der Waals surface area contributed by atoms with Crippen LogP contribution in [0.2, 0.25) is 0 Å². The molecule has 3 fully saturated rings. The zero-order valence-electron chi connectivity index (χ0n) is 12.9. The van der Waals surface area contributed by atoms with Gasteiger partial charge in [-0.15, -0.1) is 0 Å². The molecule has 6 atom stereocenters. The van der Waals surface area contributed by atoms with Crippen LogP contribution >= 0.6 is 15.9 Å². The van der Waals surface area contributed by atoms with Gasteiger partial charge in [-0.1, -0.05) is 41.4 Å². The number of hydrogen-bond acceptors (Lipinski definition) is 1. The number of hydrogen-bond donors (Lipinski definition) is 1. The summed E-state index contributed by atoms with van der Waals surface area (Å²) in [4.78, 5) is 0. The van der Waals surface area contributed by atoms with Gasteiger partial charge in [0.25, 0.3) is 0 Å². The fraction of sp³-hybridized carbons (Fsp3) is 0.684. The van der Waals surface area contributed by atoms with E-state index in [1.165, 1.54) is 48.6 Å².